The first-order valence-corrected chi connectivity index (χ1v) is 7.29. The summed E-state index contributed by atoms with van der Waals surface area (Å²) in [7, 11) is 0. The summed E-state index contributed by atoms with van der Waals surface area (Å²) in [5, 5.41) is 11.7. The number of rotatable bonds is 3. The van der Waals surface area contributed by atoms with Crippen molar-refractivity contribution in [3.05, 3.63) is 55.8 Å². The molecular weight excluding hydrogens is 439 g/mol. The number of amides is 1. The smallest absolute Gasteiger partial charge is 0.337 e. The average molecular weight is 447 g/mol. The number of hydrogen-bond donors (Lipinski definition) is 2. The van der Waals surface area contributed by atoms with Crippen LogP contribution in [0.25, 0.3) is 0 Å². The van der Waals surface area contributed by atoms with Gasteiger partial charge in [0.2, 0.25) is 0 Å². The molecule has 1 heterocycles. The van der Waals surface area contributed by atoms with Crippen molar-refractivity contribution in [2.45, 2.75) is 0 Å². The van der Waals surface area contributed by atoms with Gasteiger partial charge in [-0.25, -0.2) is 4.79 Å². The Kier molecular flexibility index (Phi) is 4.71. The molecule has 102 valence electrons. The number of pyridine rings is 1. The van der Waals surface area contributed by atoms with Crippen molar-refractivity contribution in [1.82, 2.24) is 4.98 Å². The molecule has 0 aliphatic carbocycles. The Morgan fingerprint density at radius 2 is 2.00 bits per heavy atom. The molecule has 2 aromatic rings. The molecule has 0 aliphatic heterocycles. The number of carboxylic acid groups (broad SMARTS) is 1. The summed E-state index contributed by atoms with van der Waals surface area (Å²) in [4.78, 5) is 27.1. The average Bonchev–Trinajstić information content (AvgIpc) is 2.40. The number of anilines is 1. The molecule has 5 nitrogen and oxygen atoms in total. The number of carboxylic acids is 1. The number of nitrogens with one attached hydrogen (secondary N) is 1. The molecule has 0 atom stereocenters. The highest BCUT2D eigenvalue weighted by atomic mass is 127. The van der Waals surface area contributed by atoms with Crippen LogP contribution in [0.1, 0.15) is 20.7 Å². The SMILES string of the molecule is O=C(Nc1ccc(I)cc1C(=O)O)c1cncc(Br)c1. The van der Waals surface area contributed by atoms with Gasteiger partial charge < -0.3 is 10.4 Å². The molecule has 0 spiro atoms. The molecule has 0 bridgehead atoms. The molecule has 2 rings (SSSR count). The first-order chi connectivity index (χ1) is 9.47. The fraction of sp³-hybridized carbons (Fsp3) is 0. The topological polar surface area (TPSA) is 79.3 Å². The van der Waals surface area contributed by atoms with Crippen molar-refractivity contribution in [3.8, 4) is 0 Å². The fourth-order valence-corrected chi connectivity index (χ4v) is 2.39. The van der Waals surface area contributed by atoms with Crippen molar-refractivity contribution in [2.75, 3.05) is 5.32 Å². The second-order valence-electron chi connectivity index (χ2n) is 3.84. The van der Waals surface area contributed by atoms with Gasteiger partial charge in [0.1, 0.15) is 0 Å². The van der Waals surface area contributed by atoms with E-state index in [0.717, 1.165) is 3.57 Å². The molecule has 1 aromatic heterocycles. The van der Waals surface area contributed by atoms with Gasteiger partial charge in [0, 0.05) is 20.4 Å². The van der Waals surface area contributed by atoms with Crippen LogP contribution in [0.4, 0.5) is 5.69 Å². The Hall–Kier alpha value is -1.48. The van der Waals surface area contributed by atoms with Crippen LogP contribution in [-0.4, -0.2) is 22.0 Å². The molecule has 0 radical (unpaired) electrons. The zero-order chi connectivity index (χ0) is 14.7. The predicted molar refractivity (Wildman–Crippen MR) is 86.0 cm³/mol. The number of carbonyl (C=O) groups is 2. The summed E-state index contributed by atoms with van der Waals surface area (Å²) in [6, 6.07) is 6.39. The van der Waals surface area contributed by atoms with E-state index in [1.165, 1.54) is 12.3 Å². The summed E-state index contributed by atoms with van der Waals surface area (Å²) >= 11 is 5.24. The van der Waals surface area contributed by atoms with Gasteiger partial charge in [-0.1, -0.05) is 0 Å². The lowest BCUT2D eigenvalue weighted by molar-refractivity contribution is 0.0698. The van der Waals surface area contributed by atoms with Crippen LogP contribution in [0.3, 0.4) is 0 Å². The third kappa shape index (κ3) is 3.54. The Balaban J connectivity index is 2.30. The Bertz CT molecular complexity index is 691. The minimum absolute atomic E-state index is 0.0493. The summed E-state index contributed by atoms with van der Waals surface area (Å²) in [6.45, 7) is 0. The normalized spacial score (nSPS) is 10.1. The summed E-state index contributed by atoms with van der Waals surface area (Å²) in [5.41, 5.74) is 0.644. The summed E-state index contributed by atoms with van der Waals surface area (Å²) < 4.78 is 1.45. The monoisotopic (exact) mass is 446 g/mol. The van der Waals surface area contributed by atoms with Gasteiger partial charge in [0.05, 0.1) is 16.8 Å². The van der Waals surface area contributed by atoms with E-state index < -0.39 is 11.9 Å². The lowest BCUT2D eigenvalue weighted by atomic mass is 10.1. The molecule has 2 N–H and O–H groups in total. The number of halogens is 2. The van der Waals surface area contributed by atoms with E-state index in [0.29, 0.717) is 10.0 Å². The Morgan fingerprint density at radius 1 is 1.25 bits per heavy atom. The van der Waals surface area contributed by atoms with E-state index in [1.807, 2.05) is 22.6 Å². The standard InChI is InChI=1S/C13H8BrIN2O3/c14-8-3-7(5-16-6-8)12(18)17-11-2-1-9(15)4-10(11)13(19)20/h1-6H,(H,17,18)(H,19,20). The van der Waals surface area contributed by atoms with Gasteiger partial charge >= 0.3 is 5.97 Å². The Morgan fingerprint density at radius 3 is 2.65 bits per heavy atom. The first kappa shape index (κ1) is 14.9. The van der Waals surface area contributed by atoms with Gasteiger partial charge in [-0.05, 0) is 62.8 Å². The maximum Gasteiger partial charge on any atom is 0.337 e. The van der Waals surface area contributed by atoms with Crippen LogP contribution in [0.15, 0.2) is 41.1 Å². The van der Waals surface area contributed by atoms with Gasteiger partial charge in [-0.2, -0.15) is 0 Å². The van der Waals surface area contributed by atoms with Crippen molar-refractivity contribution in [2.24, 2.45) is 0 Å². The van der Waals surface area contributed by atoms with Crippen molar-refractivity contribution in [3.63, 3.8) is 0 Å². The number of nitrogens with zero attached hydrogens (tertiary/aromatic N) is 1. The van der Waals surface area contributed by atoms with E-state index in [-0.39, 0.29) is 11.3 Å². The lowest BCUT2D eigenvalue weighted by Crippen LogP contribution is -2.15. The molecule has 0 aliphatic rings. The number of carbonyl (C=O) groups excluding carboxylic acids is 1. The maximum absolute atomic E-state index is 12.1. The predicted octanol–water partition coefficient (Wildman–Crippen LogP) is 3.40. The lowest BCUT2D eigenvalue weighted by Gasteiger charge is -2.09. The quantitative estimate of drug-likeness (QED) is 0.708. The van der Waals surface area contributed by atoms with Crippen molar-refractivity contribution in [1.29, 1.82) is 0 Å². The first-order valence-electron chi connectivity index (χ1n) is 5.42. The van der Waals surface area contributed by atoms with Crippen LogP contribution < -0.4 is 5.32 Å². The van der Waals surface area contributed by atoms with E-state index in [2.05, 4.69) is 26.2 Å². The minimum Gasteiger partial charge on any atom is -0.478 e. The third-order valence-electron chi connectivity index (χ3n) is 2.43. The highest BCUT2D eigenvalue weighted by Crippen LogP contribution is 2.20. The van der Waals surface area contributed by atoms with Gasteiger partial charge in [-0.15, -0.1) is 0 Å². The molecule has 0 fully saturated rings. The van der Waals surface area contributed by atoms with Crippen LogP contribution in [0, 0.1) is 3.57 Å². The zero-order valence-corrected chi connectivity index (χ0v) is 13.7. The van der Waals surface area contributed by atoms with Crippen LogP contribution in [0.2, 0.25) is 0 Å². The minimum atomic E-state index is -1.09. The summed E-state index contributed by atoms with van der Waals surface area (Å²) in [5.74, 6) is -1.51. The van der Waals surface area contributed by atoms with Crippen LogP contribution >= 0.6 is 38.5 Å². The highest BCUT2D eigenvalue weighted by molar-refractivity contribution is 14.1. The molecular formula is C13H8BrIN2O3. The van der Waals surface area contributed by atoms with E-state index in [9.17, 15) is 9.59 Å². The van der Waals surface area contributed by atoms with Crippen molar-refractivity contribution < 1.29 is 14.7 Å². The van der Waals surface area contributed by atoms with Gasteiger partial charge in [-0.3, -0.25) is 9.78 Å². The molecule has 20 heavy (non-hydrogen) atoms. The zero-order valence-electron chi connectivity index (χ0n) is 9.93. The second kappa shape index (κ2) is 6.31. The fourth-order valence-electron chi connectivity index (χ4n) is 1.53. The highest BCUT2D eigenvalue weighted by Gasteiger charge is 2.14. The molecule has 0 saturated heterocycles. The van der Waals surface area contributed by atoms with Crippen LogP contribution in [0.5, 0.6) is 0 Å². The molecule has 0 saturated carbocycles. The molecule has 1 amide bonds. The maximum atomic E-state index is 12.1. The van der Waals surface area contributed by atoms with Crippen molar-refractivity contribution >= 4 is 56.1 Å². The van der Waals surface area contributed by atoms with E-state index in [1.54, 1.807) is 24.4 Å². The van der Waals surface area contributed by atoms with Gasteiger partial charge in [0.15, 0.2) is 0 Å². The van der Waals surface area contributed by atoms with E-state index >= 15 is 0 Å². The van der Waals surface area contributed by atoms with Gasteiger partial charge in [0.25, 0.3) is 5.91 Å². The number of hydrogen-bond acceptors (Lipinski definition) is 3. The summed E-state index contributed by atoms with van der Waals surface area (Å²) in [6.07, 6.45) is 2.97. The Labute approximate surface area is 136 Å². The third-order valence-corrected chi connectivity index (χ3v) is 3.53. The molecule has 7 heteroatoms. The number of benzene rings is 1. The second-order valence-corrected chi connectivity index (χ2v) is 6.00. The molecule has 0 unspecified atom stereocenters. The largest absolute Gasteiger partial charge is 0.478 e. The number of aromatic nitrogens is 1. The number of aromatic carboxylic acids is 1. The molecule has 1 aromatic carbocycles. The van der Waals surface area contributed by atoms with E-state index in [4.69, 9.17) is 5.11 Å². The van der Waals surface area contributed by atoms with Crippen LogP contribution in [-0.2, 0) is 0 Å².